The number of fused-ring (bicyclic) bond motifs is 26. The van der Waals surface area contributed by atoms with Crippen molar-refractivity contribution in [1.29, 1.82) is 0 Å². The Morgan fingerprint density at radius 1 is 0.148 bits per heavy atom. The third-order valence-electron chi connectivity index (χ3n) is 19.4. The van der Waals surface area contributed by atoms with Crippen molar-refractivity contribution in [3.63, 3.8) is 0 Å². The number of hydrogen-bond donors (Lipinski definition) is 0. The van der Waals surface area contributed by atoms with Crippen LogP contribution in [0.1, 0.15) is 169 Å². The number of furan rings is 8. The molecule has 640 valence electrons. The maximum atomic E-state index is 6.16. The summed E-state index contributed by atoms with van der Waals surface area (Å²) in [6.07, 6.45) is 6.15. The first-order valence-corrected chi connectivity index (χ1v) is 39.2. The van der Waals surface area contributed by atoms with Gasteiger partial charge in [0.25, 0.3) is 0 Å². The van der Waals surface area contributed by atoms with Gasteiger partial charge in [-0.15, -0.1) is 0 Å². The molecule has 20 aromatic rings. The fourth-order valence-corrected chi connectivity index (χ4v) is 14.1. The van der Waals surface area contributed by atoms with E-state index in [1.165, 1.54) is 76.8 Å². The van der Waals surface area contributed by atoms with E-state index in [1.807, 2.05) is 107 Å². The van der Waals surface area contributed by atoms with Gasteiger partial charge in [-0.1, -0.05) is 184 Å². The Hall–Kier alpha value is 6.70. The summed E-state index contributed by atoms with van der Waals surface area (Å²) in [4.78, 5) is 0. The minimum absolute atomic E-state index is 0. The average molecular weight is 2920 g/mol. The van der Waals surface area contributed by atoms with Gasteiger partial charge in [0.1, 0.15) is 67.0 Å². The second-order valence-corrected chi connectivity index (χ2v) is 25.2. The zero-order chi connectivity index (χ0) is 75.6. The molecule has 20 rings (SSSR count). The van der Waals surface area contributed by atoms with Gasteiger partial charge < -0.3 is 79.9 Å². The molecule has 0 saturated carbocycles. The SMILES string of the molecule is CC.CC.CC.CC.CC.CC.CCc1ccc2oc3c(ccc4c5cc(C)ccc5oc43)c2c1.CCc1ccc2oc3c(ccc4c5cc(CC)ccc5oc43)c2c1.CCc1ccc2oc3cc4oc5ccc(C)cc5c4cc3c2c1.CCc1ccc2oc3cc4oc5ccc(CC)cc5c4cc3c2c1.[CH3-].[CH3-].[CH3-].[CH3-].[CH3-].[CH3-].[Y].[Y].[Y].[Y].[Y].[Y].[Y].[Y].[Y].[Y].[Y].[Y].[Y].[Y].[Y].[Y]. The normalized spacial score (nSPS) is 9.16. The molecule has 128 heavy (non-hydrogen) atoms. The van der Waals surface area contributed by atoms with Crippen LogP contribution in [0.3, 0.4) is 0 Å². The van der Waals surface area contributed by atoms with Crippen molar-refractivity contribution in [2.75, 3.05) is 0 Å². The zero-order valence-corrected chi connectivity index (χ0v) is 127. The van der Waals surface area contributed by atoms with Gasteiger partial charge in [-0.2, -0.15) is 0 Å². The van der Waals surface area contributed by atoms with Crippen LogP contribution in [0.15, 0.2) is 229 Å². The summed E-state index contributed by atoms with van der Waals surface area (Å²) >= 11 is 0. The molecule has 24 heteroatoms. The van der Waals surface area contributed by atoms with Crippen molar-refractivity contribution >= 4 is 176 Å². The molecule has 0 atom stereocenters. The molecule has 0 amide bonds. The summed E-state index contributed by atoms with van der Waals surface area (Å²) in [6.45, 7) is 41.3. The molecule has 0 fully saturated rings. The minimum atomic E-state index is 0. The molecular weight excluding hydrogens is 2800 g/mol. The summed E-state index contributed by atoms with van der Waals surface area (Å²) in [6, 6.07) is 68.3. The maximum Gasteiger partial charge on any atom is 0.178 e. The molecule has 8 nitrogen and oxygen atoms in total. The number of aryl methyl sites for hydroxylation is 8. The Morgan fingerprint density at radius 3 is 0.469 bits per heavy atom. The summed E-state index contributed by atoms with van der Waals surface area (Å²) < 4.78 is 48.7. The zero-order valence-electron chi connectivity index (χ0n) is 81.2. The van der Waals surface area contributed by atoms with Crippen LogP contribution in [0.2, 0.25) is 0 Å². The van der Waals surface area contributed by atoms with Crippen LogP contribution in [0.25, 0.3) is 176 Å². The molecule has 0 aliphatic rings. The second kappa shape index (κ2) is 78.9. The molecule has 0 unspecified atom stereocenters. The van der Waals surface area contributed by atoms with Crippen LogP contribution in [-0.4, -0.2) is 0 Å². The maximum absolute atomic E-state index is 6.16. The Labute approximate surface area is 1170 Å². The van der Waals surface area contributed by atoms with E-state index >= 15 is 0 Å². The number of rotatable bonds is 6. The van der Waals surface area contributed by atoms with Crippen molar-refractivity contribution in [1.82, 2.24) is 0 Å². The van der Waals surface area contributed by atoms with Crippen molar-refractivity contribution in [2.45, 2.75) is 177 Å². The summed E-state index contributed by atoms with van der Waals surface area (Å²) in [5, 5.41) is 18.5. The fraction of sp³-hybridized carbons (Fsp3) is 0.250. The predicted octanol–water partition coefficient (Wildman–Crippen LogP) is 34.8. The van der Waals surface area contributed by atoms with Crippen LogP contribution < -0.4 is 0 Å². The molecule has 16 radical (unpaired) electrons. The predicted molar refractivity (Wildman–Crippen MR) is 496 cm³/mol. The number of benzene rings is 12. The molecule has 0 N–H and O–H groups in total. The van der Waals surface area contributed by atoms with Gasteiger partial charge in [0.2, 0.25) is 0 Å². The van der Waals surface area contributed by atoms with Gasteiger partial charge in [-0.05, 0) is 219 Å². The third-order valence-corrected chi connectivity index (χ3v) is 19.4. The van der Waals surface area contributed by atoms with E-state index in [2.05, 4.69) is 225 Å². The Balaban J connectivity index is -0.000000128. The molecule has 8 aromatic heterocycles. The van der Waals surface area contributed by atoms with Gasteiger partial charge in [-0.3, -0.25) is 0 Å². The van der Waals surface area contributed by atoms with E-state index in [0.29, 0.717) is 0 Å². The van der Waals surface area contributed by atoms with E-state index in [9.17, 15) is 0 Å². The number of hydrogen-bond acceptors (Lipinski definition) is 8. The first kappa shape index (κ1) is 160. The summed E-state index contributed by atoms with van der Waals surface area (Å²) in [7, 11) is 0. The van der Waals surface area contributed by atoms with Gasteiger partial charge >= 0.3 is 0 Å². The smallest absolute Gasteiger partial charge is 0.178 e. The molecule has 0 aliphatic heterocycles. The molecule has 0 spiro atoms. The van der Waals surface area contributed by atoms with Crippen LogP contribution in [0, 0.1) is 58.4 Å². The minimum Gasteiger partial charge on any atom is -0.456 e. The second-order valence-electron chi connectivity index (χ2n) is 25.2. The van der Waals surface area contributed by atoms with E-state index in [-0.39, 0.29) is 568 Å². The van der Waals surface area contributed by atoms with E-state index in [4.69, 9.17) is 35.3 Å². The van der Waals surface area contributed by atoms with Crippen LogP contribution >= 0.6 is 0 Å². The Kier molecular flexibility index (Phi) is 98.6. The van der Waals surface area contributed by atoms with Crippen molar-refractivity contribution in [3.8, 4) is 0 Å². The summed E-state index contributed by atoms with van der Waals surface area (Å²) in [5.74, 6) is 0. The third kappa shape index (κ3) is 36.0. The quantitative estimate of drug-likeness (QED) is 0.152. The monoisotopic (exact) mass is 2920 g/mol. The average Bonchev–Trinajstić information content (AvgIpc) is 1.60. The van der Waals surface area contributed by atoms with Crippen molar-refractivity contribution < 1.29 is 559 Å². The van der Waals surface area contributed by atoms with Gasteiger partial charge in [-0.25, -0.2) is 0 Å². The van der Waals surface area contributed by atoms with E-state index < -0.39 is 0 Å². The van der Waals surface area contributed by atoms with Gasteiger partial charge in [0.05, 0.1) is 0 Å². The largest absolute Gasteiger partial charge is 0.456 e. The first-order chi connectivity index (χ1) is 52.0. The van der Waals surface area contributed by atoms with Gasteiger partial charge in [0.15, 0.2) is 22.3 Å². The molecule has 0 aliphatic carbocycles. The van der Waals surface area contributed by atoms with E-state index in [1.54, 1.807) is 0 Å². The van der Waals surface area contributed by atoms with Crippen molar-refractivity contribution in [3.05, 3.63) is 283 Å². The Morgan fingerprint density at radius 2 is 0.289 bits per heavy atom. The Bertz CT molecular complexity index is 6290. The van der Waals surface area contributed by atoms with Crippen LogP contribution in [-0.2, 0) is 562 Å². The first-order valence-electron chi connectivity index (χ1n) is 39.2. The fourth-order valence-electron chi connectivity index (χ4n) is 14.1. The van der Waals surface area contributed by atoms with Gasteiger partial charge in [0, 0.05) is 622 Å². The van der Waals surface area contributed by atoms with Crippen LogP contribution in [0.5, 0.6) is 0 Å². The molecule has 8 heterocycles. The summed E-state index contributed by atoms with van der Waals surface area (Å²) in [5.41, 5.74) is 24.8. The standard InChI is InChI=1S/2C22H18O2.2C21H16O2.6C2H6.6CH3.16Y/c1-3-13-5-9-19-17(11-13)15-7-8-16-18-12-14(4-2)6-10-20(18)24-22(16)21(15)23-19;1-3-13-5-7-19-15(9-13)17-11-18-16-10-14(4-2)6-8-20(16)24-22(18)12-21(17)23-19;1-3-13-5-9-19-17(11-13)15-7-6-14-16-10-12(2)4-8-18(16)22-20(14)21(15)23-19;1-3-13-5-7-19-15(9-13)17-10-16-14-8-12(2)4-6-18(14)22-20(16)11-21(17)23-19;6*1-2;;;;;;;;;;;;;;;;;;;;;;/h2*5-12H,3-4H2,1-2H3;2*4-11H,3H2,1-2H3;6*1-2H3;6*1H3;;;;;;;;;;;;;;;;/q;;;;;;;;;;6*-1;;;;;;;;;;;;;;;;. The topological polar surface area (TPSA) is 105 Å². The molecule has 0 bridgehead atoms. The van der Waals surface area contributed by atoms with Crippen molar-refractivity contribution in [2.24, 2.45) is 0 Å². The molecule has 12 aromatic carbocycles. The van der Waals surface area contributed by atoms with Crippen LogP contribution in [0.4, 0.5) is 0 Å². The molecular formula is C104H122O8Y16-6. The van der Waals surface area contributed by atoms with E-state index in [0.717, 1.165) is 182 Å². The molecule has 0 saturated heterocycles.